The zero-order valence-corrected chi connectivity index (χ0v) is 12.6. The molecule has 0 radical (unpaired) electrons. The van der Waals surface area contributed by atoms with E-state index in [2.05, 4.69) is 28.9 Å². The number of methoxy groups -OCH3 is 1. The van der Waals surface area contributed by atoms with Crippen LogP contribution in [0.25, 0.3) is 0 Å². The van der Waals surface area contributed by atoms with Crippen LogP contribution >= 0.6 is 0 Å². The highest BCUT2D eigenvalue weighted by molar-refractivity contribution is 5.29. The van der Waals surface area contributed by atoms with Crippen LogP contribution in [0.2, 0.25) is 0 Å². The van der Waals surface area contributed by atoms with Gasteiger partial charge in [0.25, 0.3) is 0 Å². The second kappa shape index (κ2) is 7.62. The van der Waals surface area contributed by atoms with Crippen molar-refractivity contribution >= 4 is 0 Å². The number of rotatable bonds is 6. The predicted molar refractivity (Wildman–Crippen MR) is 81.4 cm³/mol. The Labute approximate surface area is 122 Å². The maximum atomic E-state index is 8.96. The first kappa shape index (κ1) is 15.3. The van der Waals surface area contributed by atoms with E-state index in [-0.39, 0.29) is 6.61 Å². The molecule has 0 saturated carbocycles. The Hall–Kier alpha value is -1.10. The quantitative estimate of drug-likeness (QED) is 0.853. The Bertz CT molecular complexity index is 386. The second-order valence-corrected chi connectivity index (χ2v) is 5.54. The van der Waals surface area contributed by atoms with E-state index in [0.29, 0.717) is 5.92 Å². The molecule has 1 atom stereocenters. The summed E-state index contributed by atoms with van der Waals surface area (Å²) in [6.07, 6.45) is 0. The summed E-state index contributed by atoms with van der Waals surface area (Å²) in [4.78, 5) is 4.84. The number of piperazine rings is 1. The fraction of sp³-hybridized carbons (Fsp3) is 0.625. The minimum atomic E-state index is 0.266. The Kier molecular flexibility index (Phi) is 5.83. The molecule has 1 saturated heterocycles. The first-order valence-electron chi connectivity index (χ1n) is 7.42. The smallest absolute Gasteiger partial charge is 0.118 e. The van der Waals surface area contributed by atoms with Crippen molar-refractivity contribution in [2.24, 2.45) is 0 Å². The van der Waals surface area contributed by atoms with E-state index in [9.17, 15) is 0 Å². The third-order valence-corrected chi connectivity index (χ3v) is 4.10. The molecule has 4 heteroatoms. The monoisotopic (exact) mass is 278 g/mol. The van der Waals surface area contributed by atoms with Crippen molar-refractivity contribution < 1.29 is 9.84 Å². The van der Waals surface area contributed by atoms with Crippen molar-refractivity contribution in [2.45, 2.75) is 12.8 Å². The molecule has 0 amide bonds. The third kappa shape index (κ3) is 4.20. The highest BCUT2D eigenvalue weighted by Crippen LogP contribution is 2.20. The summed E-state index contributed by atoms with van der Waals surface area (Å²) in [6.45, 7) is 8.78. The van der Waals surface area contributed by atoms with E-state index in [1.165, 1.54) is 5.56 Å². The van der Waals surface area contributed by atoms with Crippen molar-refractivity contribution in [3.05, 3.63) is 29.8 Å². The molecule has 0 spiro atoms. The van der Waals surface area contributed by atoms with E-state index < -0.39 is 0 Å². The molecule has 0 aromatic heterocycles. The summed E-state index contributed by atoms with van der Waals surface area (Å²) in [6, 6.07) is 8.38. The summed E-state index contributed by atoms with van der Waals surface area (Å²) in [7, 11) is 1.70. The third-order valence-electron chi connectivity index (χ3n) is 4.10. The number of hydrogen-bond acceptors (Lipinski definition) is 4. The largest absolute Gasteiger partial charge is 0.497 e. The van der Waals surface area contributed by atoms with Crippen molar-refractivity contribution in [1.29, 1.82) is 0 Å². The van der Waals surface area contributed by atoms with Crippen LogP contribution in [0.5, 0.6) is 5.75 Å². The fourth-order valence-electron chi connectivity index (χ4n) is 2.76. The van der Waals surface area contributed by atoms with Gasteiger partial charge in [-0.25, -0.2) is 0 Å². The maximum absolute atomic E-state index is 8.96. The van der Waals surface area contributed by atoms with Crippen molar-refractivity contribution in [3.8, 4) is 5.75 Å². The Balaban J connectivity index is 1.81. The highest BCUT2D eigenvalue weighted by atomic mass is 16.5. The number of aliphatic hydroxyl groups excluding tert-OH is 1. The van der Waals surface area contributed by atoms with Gasteiger partial charge in [-0.15, -0.1) is 0 Å². The molecule has 1 unspecified atom stereocenters. The van der Waals surface area contributed by atoms with Crippen LogP contribution in [0, 0.1) is 0 Å². The first-order valence-corrected chi connectivity index (χ1v) is 7.42. The number of ether oxygens (including phenoxy) is 1. The van der Waals surface area contributed by atoms with E-state index >= 15 is 0 Å². The van der Waals surface area contributed by atoms with Gasteiger partial charge in [-0.3, -0.25) is 4.90 Å². The molecule has 4 nitrogen and oxygen atoms in total. The topological polar surface area (TPSA) is 35.9 Å². The second-order valence-electron chi connectivity index (χ2n) is 5.54. The molecule has 1 heterocycles. The number of nitrogens with zero attached hydrogens (tertiary/aromatic N) is 2. The van der Waals surface area contributed by atoms with Gasteiger partial charge < -0.3 is 14.7 Å². The molecule has 1 fully saturated rings. The molecule has 1 aromatic carbocycles. The lowest BCUT2D eigenvalue weighted by Crippen LogP contribution is -2.47. The predicted octanol–water partition coefficient (Wildman–Crippen LogP) is 1.41. The van der Waals surface area contributed by atoms with Gasteiger partial charge in [0.2, 0.25) is 0 Å². The Morgan fingerprint density at radius 1 is 1.10 bits per heavy atom. The van der Waals surface area contributed by atoms with Crippen molar-refractivity contribution in [1.82, 2.24) is 9.80 Å². The molecule has 0 aliphatic carbocycles. The number of β-amino-alcohol motifs (C(OH)–C–C–N with tert-alkyl or cyclic N) is 1. The Morgan fingerprint density at radius 2 is 1.70 bits per heavy atom. The van der Waals surface area contributed by atoms with Crippen LogP contribution in [0.4, 0.5) is 0 Å². The zero-order chi connectivity index (χ0) is 14.4. The van der Waals surface area contributed by atoms with Crippen LogP contribution in [0.15, 0.2) is 24.3 Å². The van der Waals surface area contributed by atoms with Crippen LogP contribution in [0.1, 0.15) is 18.4 Å². The lowest BCUT2D eigenvalue weighted by atomic mass is 10.00. The zero-order valence-electron chi connectivity index (χ0n) is 12.6. The maximum Gasteiger partial charge on any atom is 0.118 e. The molecule has 2 rings (SSSR count). The van der Waals surface area contributed by atoms with Gasteiger partial charge >= 0.3 is 0 Å². The van der Waals surface area contributed by atoms with Gasteiger partial charge in [-0.1, -0.05) is 19.1 Å². The van der Waals surface area contributed by atoms with E-state index in [0.717, 1.165) is 45.0 Å². The molecule has 20 heavy (non-hydrogen) atoms. The van der Waals surface area contributed by atoms with Gasteiger partial charge in [-0.05, 0) is 23.6 Å². The highest BCUT2D eigenvalue weighted by Gasteiger charge is 2.18. The first-order chi connectivity index (χ1) is 9.72. The van der Waals surface area contributed by atoms with Gasteiger partial charge in [0.15, 0.2) is 0 Å². The molecular weight excluding hydrogens is 252 g/mol. The lowest BCUT2D eigenvalue weighted by Gasteiger charge is -2.35. The fourth-order valence-corrected chi connectivity index (χ4v) is 2.76. The number of benzene rings is 1. The van der Waals surface area contributed by atoms with Crippen molar-refractivity contribution in [3.63, 3.8) is 0 Å². The SMILES string of the molecule is COc1ccc(C(C)CN2CCN(CCO)CC2)cc1. The molecular formula is C16H26N2O2. The van der Waals surface area contributed by atoms with E-state index in [1.54, 1.807) is 7.11 Å². The molecule has 1 aliphatic heterocycles. The van der Waals surface area contributed by atoms with Gasteiger partial charge in [-0.2, -0.15) is 0 Å². The number of hydrogen-bond donors (Lipinski definition) is 1. The average molecular weight is 278 g/mol. The normalized spacial score (nSPS) is 18.9. The minimum absolute atomic E-state index is 0.266. The van der Waals surface area contributed by atoms with Crippen LogP contribution in [-0.4, -0.2) is 67.9 Å². The summed E-state index contributed by atoms with van der Waals surface area (Å²) in [5, 5.41) is 8.96. The molecule has 1 N–H and O–H groups in total. The van der Waals surface area contributed by atoms with E-state index in [4.69, 9.17) is 9.84 Å². The summed E-state index contributed by atoms with van der Waals surface area (Å²) in [5.74, 6) is 1.45. The molecule has 1 aromatic rings. The van der Waals surface area contributed by atoms with Crippen molar-refractivity contribution in [2.75, 3.05) is 53.0 Å². The van der Waals surface area contributed by atoms with Gasteiger partial charge in [0, 0.05) is 39.3 Å². The summed E-state index contributed by atoms with van der Waals surface area (Å²) < 4.78 is 5.20. The van der Waals surface area contributed by atoms with E-state index in [1.807, 2.05) is 12.1 Å². The Morgan fingerprint density at radius 3 is 2.25 bits per heavy atom. The minimum Gasteiger partial charge on any atom is -0.497 e. The van der Waals surface area contributed by atoms with Crippen LogP contribution in [0.3, 0.4) is 0 Å². The van der Waals surface area contributed by atoms with Gasteiger partial charge in [0.1, 0.15) is 5.75 Å². The van der Waals surface area contributed by atoms with Crippen LogP contribution < -0.4 is 4.74 Å². The number of aliphatic hydroxyl groups is 1. The summed E-state index contributed by atoms with van der Waals surface area (Å²) >= 11 is 0. The van der Waals surface area contributed by atoms with Crippen LogP contribution in [-0.2, 0) is 0 Å². The van der Waals surface area contributed by atoms with Gasteiger partial charge in [0.05, 0.1) is 13.7 Å². The lowest BCUT2D eigenvalue weighted by molar-refractivity contribution is 0.109. The molecule has 0 bridgehead atoms. The molecule has 112 valence electrons. The average Bonchev–Trinajstić information content (AvgIpc) is 2.49. The molecule has 1 aliphatic rings. The summed E-state index contributed by atoms with van der Waals surface area (Å²) in [5.41, 5.74) is 1.36. The standard InChI is InChI=1S/C16H26N2O2/c1-14(15-3-5-16(20-2)6-4-15)13-18-9-7-17(8-10-18)11-12-19/h3-6,14,19H,7-13H2,1-2H3.